The summed E-state index contributed by atoms with van der Waals surface area (Å²) in [4.78, 5) is 15.2. The maximum absolute atomic E-state index is 12.9. The van der Waals surface area contributed by atoms with Crippen molar-refractivity contribution in [1.82, 2.24) is 10.2 Å². The van der Waals surface area contributed by atoms with E-state index in [1.165, 1.54) is 0 Å². The molecule has 0 aromatic heterocycles. The van der Waals surface area contributed by atoms with Crippen molar-refractivity contribution < 1.29 is 13.2 Å². The molecular formula is C20H28N2O3S. The first kappa shape index (κ1) is 18.0. The lowest BCUT2D eigenvalue weighted by molar-refractivity contribution is 0.0758. The Hall–Kier alpha value is -1.40. The molecule has 26 heavy (non-hydrogen) atoms. The Bertz CT molecular complexity index is 740. The second kappa shape index (κ2) is 7.31. The topological polar surface area (TPSA) is 66.5 Å². The normalized spacial score (nSPS) is 27.3. The summed E-state index contributed by atoms with van der Waals surface area (Å²) < 4.78 is 25.3. The van der Waals surface area contributed by atoms with Crippen LogP contribution in [0.2, 0.25) is 0 Å². The molecule has 1 amide bonds. The van der Waals surface area contributed by atoms with Crippen LogP contribution >= 0.6 is 0 Å². The Morgan fingerprint density at radius 3 is 2.08 bits per heavy atom. The molecule has 0 unspecified atom stereocenters. The zero-order valence-electron chi connectivity index (χ0n) is 15.2. The molecule has 1 aromatic rings. The average Bonchev–Trinajstić information content (AvgIpc) is 3.31. The highest BCUT2D eigenvalue weighted by atomic mass is 32.2. The van der Waals surface area contributed by atoms with Gasteiger partial charge in [-0.2, -0.15) is 0 Å². The highest BCUT2D eigenvalue weighted by molar-refractivity contribution is 7.92. The van der Waals surface area contributed by atoms with Gasteiger partial charge in [0.15, 0.2) is 9.84 Å². The predicted molar refractivity (Wildman–Crippen MR) is 101 cm³/mol. The second-order valence-corrected chi connectivity index (χ2v) is 10.3. The van der Waals surface area contributed by atoms with E-state index >= 15 is 0 Å². The fraction of sp³-hybridized carbons (Fsp3) is 0.650. The Labute approximate surface area is 156 Å². The Morgan fingerprint density at radius 2 is 1.50 bits per heavy atom. The lowest BCUT2D eigenvalue weighted by atomic mass is 9.92. The molecule has 0 spiro atoms. The summed E-state index contributed by atoms with van der Waals surface area (Å²) in [5, 5.41) is 3.20. The first-order chi connectivity index (χ1) is 12.6. The minimum Gasteiger partial charge on any atom is -0.339 e. The largest absolute Gasteiger partial charge is 0.339 e. The smallest absolute Gasteiger partial charge is 0.253 e. The summed E-state index contributed by atoms with van der Waals surface area (Å²) in [5.41, 5.74) is 0.598. The molecule has 2 aliphatic heterocycles. The average molecular weight is 377 g/mol. The minimum absolute atomic E-state index is 0.0303. The van der Waals surface area contributed by atoms with Gasteiger partial charge in [0.05, 0.1) is 10.1 Å². The van der Waals surface area contributed by atoms with Gasteiger partial charge in [0.2, 0.25) is 0 Å². The highest BCUT2D eigenvalue weighted by Crippen LogP contribution is 2.30. The van der Waals surface area contributed by atoms with E-state index in [-0.39, 0.29) is 11.2 Å². The molecule has 1 aliphatic carbocycles. The van der Waals surface area contributed by atoms with E-state index in [0.29, 0.717) is 22.3 Å². The quantitative estimate of drug-likeness (QED) is 0.880. The van der Waals surface area contributed by atoms with Crippen LogP contribution in [0.3, 0.4) is 0 Å². The molecule has 1 N–H and O–H groups in total. The number of hydrogen-bond donors (Lipinski definition) is 1. The summed E-state index contributed by atoms with van der Waals surface area (Å²) in [7, 11) is -3.25. The van der Waals surface area contributed by atoms with E-state index in [2.05, 4.69) is 5.32 Å². The number of sulfone groups is 1. The summed E-state index contributed by atoms with van der Waals surface area (Å²) >= 11 is 0. The second-order valence-electron chi connectivity index (χ2n) is 8.02. The molecule has 2 heterocycles. The molecule has 5 nitrogen and oxygen atoms in total. The third-order valence-electron chi connectivity index (χ3n) is 6.48. The fourth-order valence-corrected chi connectivity index (χ4v) is 6.64. The van der Waals surface area contributed by atoms with Gasteiger partial charge in [-0.1, -0.05) is 12.8 Å². The Kier molecular flexibility index (Phi) is 5.06. The monoisotopic (exact) mass is 376 g/mol. The van der Waals surface area contributed by atoms with Gasteiger partial charge in [0.25, 0.3) is 5.91 Å². The number of amides is 1. The number of nitrogens with one attached hydrogen (secondary N) is 1. The molecule has 3 fully saturated rings. The number of carbonyl (C=O) groups is 1. The molecule has 6 heteroatoms. The summed E-state index contributed by atoms with van der Waals surface area (Å²) in [6.45, 7) is 3.73. The van der Waals surface area contributed by atoms with Crippen molar-refractivity contribution in [3.63, 3.8) is 0 Å². The Morgan fingerprint density at radius 1 is 0.923 bits per heavy atom. The molecule has 2 saturated heterocycles. The van der Waals surface area contributed by atoms with Crippen LogP contribution in [0.15, 0.2) is 29.2 Å². The molecule has 0 radical (unpaired) electrons. The van der Waals surface area contributed by atoms with E-state index < -0.39 is 9.84 Å². The van der Waals surface area contributed by atoms with Gasteiger partial charge in [0, 0.05) is 18.7 Å². The van der Waals surface area contributed by atoms with E-state index in [9.17, 15) is 13.2 Å². The van der Waals surface area contributed by atoms with E-state index in [1.807, 2.05) is 4.90 Å². The number of likely N-dealkylation sites (tertiary alicyclic amines) is 1. The van der Waals surface area contributed by atoms with Crippen LogP contribution in [0.1, 0.15) is 48.9 Å². The summed E-state index contributed by atoms with van der Waals surface area (Å²) in [6.07, 6.45) is 5.61. The molecule has 1 saturated carbocycles. The lowest BCUT2D eigenvalue weighted by Crippen LogP contribution is -2.32. The number of carbonyl (C=O) groups excluding carboxylic acids is 1. The molecule has 0 bridgehead atoms. The van der Waals surface area contributed by atoms with E-state index in [4.69, 9.17) is 0 Å². The Balaban J connectivity index is 1.45. The van der Waals surface area contributed by atoms with Gasteiger partial charge in [-0.15, -0.1) is 0 Å². The number of fused-ring (bicyclic) bond motifs is 1. The zero-order chi connectivity index (χ0) is 18.1. The number of hydrogen-bond acceptors (Lipinski definition) is 4. The number of nitrogens with zero attached hydrogens (tertiary/aromatic N) is 1. The van der Waals surface area contributed by atoms with Gasteiger partial charge < -0.3 is 10.2 Å². The van der Waals surface area contributed by atoms with E-state index in [1.54, 1.807) is 24.3 Å². The van der Waals surface area contributed by atoms with Crippen molar-refractivity contribution in [3.05, 3.63) is 29.8 Å². The van der Waals surface area contributed by atoms with Gasteiger partial charge in [0.1, 0.15) is 0 Å². The molecular weight excluding hydrogens is 348 g/mol. The minimum atomic E-state index is -3.25. The third kappa shape index (κ3) is 3.41. The van der Waals surface area contributed by atoms with Crippen molar-refractivity contribution >= 4 is 15.7 Å². The van der Waals surface area contributed by atoms with Crippen molar-refractivity contribution in [2.24, 2.45) is 11.8 Å². The maximum Gasteiger partial charge on any atom is 0.253 e. The number of benzene rings is 1. The van der Waals surface area contributed by atoms with Gasteiger partial charge in [-0.05, 0) is 74.9 Å². The maximum atomic E-state index is 12.9. The molecule has 3 aliphatic rings. The summed E-state index contributed by atoms with van der Waals surface area (Å²) in [5.74, 6) is 1.40. The molecule has 1 aromatic carbocycles. The standard InChI is InChI=1S/C20H28N2O3S/c23-20(22-11-9-16-13-21-14-17(16)10-12-22)15-5-7-19(8-6-15)26(24,25)18-3-1-2-4-18/h5-8,16-18,21H,1-4,9-14H2/t16-,17+. The number of rotatable bonds is 3. The highest BCUT2D eigenvalue weighted by Gasteiger charge is 2.32. The van der Waals surface area contributed by atoms with Crippen molar-refractivity contribution in [3.8, 4) is 0 Å². The lowest BCUT2D eigenvalue weighted by Gasteiger charge is -2.21. The predicted octanol–water partition coefficient (Wildman–Crippen LogP) is 2.47. The van der Waals surface area contributed by atoms with Crippen LogP contribution in [0.4, 0.5) is 0 Å². The van der Waals surface area contributed by atoms with Gasteiger partial charge in [-0.25, -0.2) is 8.42 Å². The first-order valence-electron chi connectivity index (χ1n) is 9.89. The molecule has 4 rings (SSSR count). The summed E-state index contributed by atoms with van der Waals surface area (Å²) in [6, 6.07) is 6.63. The van der Waals surface area contributed by atoms with Gasteiger partial charge in [-0.3, -0.25) is 4.79 Å². The van der Waals surface area contributed by atoms with Crippen molar-refractivity contribution in [2.75, 3.05) is 26.2 Å². The fourth-order valence-electron chi connectivity index (χ4n) is 4.78. The van der Waals surface area contributed by atoms with E-state index in [0.717, 1.165) is 64.7 Å². The zero-order valence-corrected chi connectivity index (χ0v) is 16.0. The third-order valence-corrected chi connectivity index (χ3v) is 8.76. The van der Waals surface area contributed by atoms with Crippen molar-refractivity contribution in [2.45, 2.75) is 48.7 Å². The first-order valence-corrected chi connectivity index (χ1v) is 11.4. The van der Waals surface area contributed by atoms with Crippen LogP contribution in [-0.2, 0) is 9.84 Å². The molecule has 2 atom stereocenters. The van der Waals surface area contributed by atoms with Crippen LogP contribution in [0.25, 0.3) is 0 Å². The molecule has 142 valence electrons. The van der Waals surface area contributed by atoms with Crippen LogP contribution < -0.4 is 5.32 Å². The van der Waals surface area contributed by atoms with Crippen LogP contribution in [0, 0.1) is 11.8 Å². The van der Waals surface area contributed by atoms with Crippen molar-refractivity contribution in [1.29, 1.82) is 0 Å². The van der Waals surface area contributed by atoms with Gasteiger partial charge >= 0.3 is 0 Å². The SMILES string of the molecule is O=C(c1ccc(S(=O)(=O)C2CCCC2)cc1)N1CC[C@@H]2CNC[C@@H]2CC1. The van der Waals surface area contributed by atoms with Crippen LogP contribution in [0.5, 0.6) is 0 Å². The van der Waals surface area contributed by atoms with Crippen LogP contribution in [-0.4, -0.2) is 50.7 Å².